The molecule has 158 valence electrons. The lowest BCUT2D eigenvalue weighted by Gasteiger charge is -2.19. The second-order valence-corrected chi connectivity index (χ2v) is 9.54. The van der Waals surface area contributed by atoms with Crippen LogP contribution in [0.4, 0.5) is 5.13 Å². The van der Waals surface area contributed by atoms with Gasteiger partial charge in [0.15, 0.2) is 5.13 Å². The van der Waals surface area contributed by atoms with Crippen LogP contribution in [0.15, 0.2) is 71.8 Å². The molecule has 0 fully saturated rings. The molecule has 1 amide bonds. The third kappa shape index (κ3) is 5.51. The summed E-state index contributed by atoms with van der Waals surface area (Å²) in [5.41, 5.74) is 4.31. The van der Waals surface area contributed by atoms with Gasteiger partial charge in [-0.3, -0.25) is 14.7 Å². The Morgan fingerprint density at radius 1 is 1.10 bits per heavy atom. The quantitative estimate of drug-likeness (QED) is 0.298. The fraction of sp³-hybridized carbons (Fsp3) is 0.240. The number of hydrogen-bond acceptors (Lipinski definition) is 5. The summed E-state index contributed by atoms with van der Waals surface area (Å²) >= 11 is 3.28. The van der Waals surface area contributed by atoms with Crippen LogP contribution in [-0.4, -0.2) is 21.6 Å². The van der Waals surface area contributed by atoms with Crippen molar-refractivity contribution >= 4 is 44.4 Å². The molecule has 0 radical (unpaired) electrons. The maximum Gasteiger partial charge on any atom is 0.229 e. The van der Waals surface area contributed by atoms with Crippen LogP contribution < -0.4 is 4.90 Å². The fourth-order valence-electron chi connectivity index (χ4n) is 3.23. The molecule has 0 saturated heterocycles. The minimum absolute atomic E-state index is 0.0695. The van der Waals surface area contributed by atoms with Crippen LogP contribution in [0.1, 0.15) is 30.2 Å². The highest BCUT2D eigenvalue weighted by Gasteiger charge is 2.20. The van der Waals surface area contributed by atoms with Crippen molar-refractivity contribution in [2.24, 2.45) is 0 Å². The summed E-state index contributed by atoms with van der Waals surface area (Å²) in [5, 5.41) is 0.735. The van der Waals surface area contributed by atoms with Crippen LogP contribution in [0, 0.1) is 6.92 Å². The number of fused-ring (bicyclic) bond motifs is 1. The molecule has 0 atom stereocenters. The summed E-state index contributed by atoms with van der Waals surface area (Å²) in [7, 11) is 0. The van der Waals surface area contributed by atoms with E-state index in [0.29, 0.717) is 13.0 Å². The third-order valence-electron chi connectivity index (χ3n) is 5.03. The lowest BCUT2D eigenvalue weighted by molar-refractivity contribution is -0.118. The first-order valence-corrected chi connectivity index (χ1v) is 12.2. The van der Waals surface area contributed by atoms with E-state index >= 15 is 0 Å². The summed E-state index contributed by atoms with van der Waals surface area (Å²) in [6, 6.07) is 20.5. The maximum absolute atomic E-state index is 13.2. The van der Waals surface area contributed by atoms with Crippen molar-refractivity contribution in [3.63, 3.8) is 0 Å². The van der Waals surface area contributed by atoms with Crippen molar-refractivity contribution in [2.45, 2.75) is 38.1 Å². The molecule has 0 aliphatic rings. The molecule has 0 unspecified atom stereocenters. The Kier molecular flexibility index (Phi) is 6.99. The number of anilines is 1. The van der Waals surface area contributed by atoms with Crippen molar-refractivity contribution in [3.05, 3.63) is 83.7 Å². The lowest BCUT2D eigenvalue weighted by atomic mass is 10.2. The number of carbonyl (C=O) groups excluding carboxylic acids is 1. The molecule has 0 saturated carbocycles. The number of nitrogens with zero attached hydrogens (tertiary/aromatic N) is 3. The van der Waals surface area contributed by atoms with Gasteiger partial charge in [-0.15, -0.1) is 11.8 Å². The molecule has 6 heteroatoms. The van der Waals surface area contributed by atoms with Gasteiger partial charge in [-0.1, -0.05) is 48.1 Å². The first-order chi connectivity index (χ1) is 15.1. The molecule has 31 heavy (non-hydrogen) atoms. The summed E-state index contributed by atoms with van der Waals surface area (Å²) in [5.74, 6) is 0.797. The highest BCUT2D eigenvalue weighted by atomic mass is 32.2. The number of aromatic nitrogens is 2. The highest BCUT2D eigenvalue weighted by molar-refractivity contribution is 7.99. The van der Waals surface area contributed by atoms with Crippen LogP contribution in [-0.2, 0) is 17.8 Å². The van der Waals surface area contributed by atoms with Crippen molar-refractivity contribution < 1.29 is 4.79 Å². The van der Waals surface area contributed by atoms with E-state index in [0.717, 1.165) is 33.2 Å². The maximum atomic E-state index is 13.2. The van der Waals surface area contributed by atoms with E-state index < -0.39 is 0 Å². The normalized spacial score (nSPS) is 11.0. The summed E-state index contributed by atoms with van der Waals surface area (Å²) in [6.07, 6.45) is 3.19. The minimum Gasteiger partial charge on any atom is -0.282 e. The summed E-state index contributed by atoms with van der Waals surface area (Å²) in [6.45, 7) is 4.65. The molecule has 4 rings (SSSR count). The topological polar surface area (TPSA) is 46.1 Å². The zero-order valence-electron chi connectivity index (χ0n) is 17.7. The lowest BCUT2D eigenvalue weighted by Crippen LogP contribution is -2.30. The zero-order chi connectivity index (χ0) is 21.6. The zero-order valence-corrected chi connectivity index (χ0v) is 19.4. The van der Waals surface area contributed by atoms with Gasteiger partial charge in [0.25, 0.3) is 0 Å². The van der Waals surface area contributed by atoms with E-state index in [9.17, 15) is 4.79 Å². The second-order valence-electron chi connectivity index (χ2n) is 7.36. The third-order valence-corrected chi connectivity index (χ3v) is 7.09. The van der Waals surface area contributed by atoms with Crippen LogP contribution in [0.2, 0.25) is 0 Å². The molecule has 0 aliphatic heterocycles. The van der Waals surface area contributed by atoms with Crippen LogP contribution in [0.25, 0.3) is 10.2 Å². The Morgan fingerprint density at radius 3 is 2.68 bits per heavy atom. The molecule has 4 nitrogen and oxygen atoms in total. The Balaban J connectivity index is 1.53. The minimum atomic E-state index is 0.0695. The highest BCUT2D eigenvalue weighted by Crippen LogP contribution is 2.31. The van der Waals surface area contributed by atoms with E-state index in [4.69, 9.17) is 4.98 Å². The van der Waals surface area contributed by atoms with Gasteiger partial charge in [-0.25, -0.2) is 4.98 Å². The number of pyridine rings is 1. The summed E-state index contributed by atoms with van der Waals surface area (Å²) in [4.78, 5) is 25.4. The largest absolute Gasteiger partial charge is 0.282 e. The van der Waals surface area contributed by atoms with Crippen LogP contribution >= 0.6 is 23.1 Å². The van der Waals surface area contributed by atoms with Gasteiger partial charge in [-0.2, -0.15) is 0 Å². The number of aryl methyl sites for hydroxylation is 2. The first-order valence-electron chi connectivity index (χ1n) is 10.4. The molecule has 2 aromatic carbocycles. The average Bonchev–Trinajstić information content (AvgIpc) is 3.22. The van der Waals surface area contributed by atoms with E-state index in [1.54, 1.807) is 34.2 Å². The first kappa shape index (κ1) is 21.5. The summed E-state index contributed by atoms with van der Waals surface area (Å²) < 4.78 is 1.11. The van der Waals surface area contributed by atoms with Crippen LogP contribution in [0.3, 0.4) is 0 Å². The van der Waals surface area contributed by atoms with Crippen molar-refractivity contribution in [1.29, 1.82) is 0 Å². The Morgan fingerprint density at radius 2 is 1.94 bits per heavy atom. The molecular weight excluding hydrogens is 422 g/mol. The van der Waals surface area contributed by atoms with E-state index in [1.807, 2.05) is 24.3 Å². The number of rotatable bonds is 8. The van der Waals surface area contributed by atoms with E-state index in [-0.39, 0.29) is 5.91 Å². The molecule has 0 bridgehead atoms. The van der Waals surface area contributed by atoms with Gasteiger partial charge in [0.1, 0.15) is 0 Å². The molecule has 0 aliphatic carbocycles. The Hall–Kier alpha value is -2.70. The molecule has 0 spiro atoms. The van der Waals surface area contributed by atoms with Crippen molar-refractivity contribution in [2.75, 3.05) is 10.7 Å². The van der Waals surface area contributed by atoms with E-state index in [1.165, 1.54) is 16.0 Å². The second kappa shape index (κ2) is 10.1. The smallest absolute Gasteiger partial charge is 0.229 e. The molecule has 0 N–H and O–H groups in total. The van der Waals surface area contributed by atoms with Crippen molar-refractivity contribution in [1.82, 2.24) is 9.97 Å². The molecule has 4 aromatic rings. The van der Waals surface area contributed by atoms with Gasteiger partial charge in [0, 0.05) is 23.3 Å². The number of carbonyl (C=O) groups is 1. The number of amides is 1. The van der Waals surface area contributed by atoms with Gasteiger partial charge < -0.3 is 0 Å². The SMILES string of the molecule is CCc1ccc2nc(N(Cc3ccccn3)C(=O)CCSc3ccc(C)cc3)sc2c1. The predicted molar refractivity (Wildman–Crippen MR) is 131 cm³/mol. The Labute approximate surface area is 191 Å². The molecule has 2 heterocycles. The standard InChI is InChI=1S/C25H25N3OS2/c1-3-19-9-12-22-23(16-19)31-25(27-22)28(17-20-6-4-5-14-26-20)24(29)13-15-30-21-10-7-18(2)8-11-21/h4-12,14,16H,3,13,15,17H2,1-2H3. The molecular formula is C25H25N3OS2. The number of hydrogen-bond donors (Lipinski definition) is 0. The van der Waals surface area contributed by atoms with Gasteiger partial charge in [0.05, 0.1) is 22.5 Å². The van der Waals surface area contributed by atoms with Gasteiger partial charge in [0.2, 0.25) is 5.91 Å². The number of thioether (sulfide) groups is 1. The van der Waals surface area contributed by atoms with Crippen molar-refractivity contribution in [3.8, 4) is 0 Å². The van der Waals surface area contributed by atoms with Gasteiger partial charge in [-0.05, 0) is 55.3 Å². The number of benzene rings is 2. The fourth-order valence-corrected chi connectivity index (χ4v) is 5.12. The van der Waals surface area contributed by atoms with E-state index in [2.05, 4.69) is 55.2 Å². The average molecular weight is 448 g/mol. The van der Waals surface area contributed by atoms with Gasteiger partial charge >= 0.3 is 0 Å². The van der Waals surface area contributed by atoms with Crippen LogP contribution in [0.5, 0.6) is 0 Å². The number of thiazole rings is 1. The molecule has 2 aromatic heterocycles. The Bertz CT molecular complexity index is 1160. The monoisotopic (exact) mass is 447 g/mol. The predicted octanol–water partition coefficient (Wildman–Crippen LogP) is 6.28.